The fraction of sp³-hybridized carbons (Fsp3) is 0.409. The third-order valence-electron chi connectivity index (χ3n) is 5.48. The van der Waals surface area contributed by atoms with E-state index in [0.717, 1.165) is 16.2 Å². The third-order valence-corrected chi connectivity index (χ3v) is 7.51. The fourth-order valence-electron chi connectivity index (χ4n) is 3.20. The highest BCUT2D eigenvalue weighted by molar-refractivity contribution is 7.90. The summed E-state index contributed by atoms with van der Waals surface area (Å²) >= 11 is 0. The van der Waals surface area contributed by atoms with Gasteiger partial charge in [0, 0.05) is 30.9 Å². The van der Waals surface area contributed by atoms with E-state index in [9.17, 15) is 13.2 Å². The van der Waals surface area contributed by atoms with Crippen molar-refractivity contribution < 1.29 is 13.2 Å². The Hall–Kier alpha value is -3.34. The van der Waals surface area contributed by atoms with E-state index in [2.05, 4.69) is 37.6 Å². The smallest absolute Gasteiger partial charge is 0.256 e. The first-order chi connectivity index (χ1) is 15.8. The lowest BCUT2D eigenvalue weighted by Gasteiger charge is -2.17. The zero-order valence-corrected chi connectivity index (χ0v) is 19.6. The minimum atomic E-state index is -3.45. The molecular weight excluding hydrogens is 442 g/mol. The van der Waals surface area contributed by atoms with Gasteiger partial charge in [0.15, 0.2) is 11.6 Å². The first kappa shape index (κ1) is 22.8. The molecule has 3 aromatic rings. The topological polar surface area (TPSA) is 132 Å². The Morgan fingerprint density at radius 1 is 1.21 bits per heavy atom. The zero-order valence-electron chi connectivity index (χ0n) is 18.8. The summed E-state index contributed by atoms with van der Waals surface area (Å²) in [5, 5.41) is 10.1. The summed E-state index contributed by atoms with van der Waals surface area (Å²) < 4.78 is 25.8. The average molecular weight is 470 g/mol. The Labute approximate surface area is 192 Å². The van der Waals surface area contributed by atoms with E-state index in [4.69, 9.17) is 0 Å². The number of Topliss-reactive ketones (excluding diaryl/α,β-unsaturated/α-hetero) is 1. The van der Waals surface area contributed by atoms with Crippen LogP contribution in [-0.4, -0.2) is 49.6 Å². The number of nitrogens with one attached hydrogen (secondary N) is 2. The van der Waals surface area contributed by atoms with Crippen molar-refractivity contribution in [2.45, 2.75) is 57.7 Å². The van der Waals surface area contributed by atoms with E-state index in [1.807, 2.05) is 13.8 Å². The molecule has 0 amide bonds. The van der Waals surface area contributed by atoms with E-state index < -0.39 is 10.0 Å². The third kappa shape index (κ3) is 5.03. The summed E-state index contributed by atoms with van der Waals surface area (Å²) in [6, 6.07) is 3.67. The van der Waals surface area contributed by atoms with Crippen molar-refractivity contribution in [1.29, 1.82) is 0 Å². The number of hydrogen-bond donors (Lipinski definition) is 2. The van der Waals surface area contributed by atoms with Crippen LogP contribution in [0.15, 0.2) is 36.9 Å². The molecular formula is C22H27N7O3S. The van der Waals surface area contributed by atoms with Crippen molar-refractivity contribution >= 4 is 33.1 Å². The average Bonchev–Trinajstić information content (AvgIpc) is 3.56. The minimum Gasteiger partial charge on any atom is -0.382 e. The monoisotopic (exact) mass is 469 g/mol. The number of pyridine rings is 1. The second-order valence-electron chi connectivity index (χ2n) is 8.08. The van der Waals surface area contributed by atoms with Crippen LogP contribution in [0.3, 0.4) is 0 Å². The minimum absolute atomic E-state index is 0.0161. The lowest BCUT2D eigenvalue weighted by atomic mass is 10.1. The summed E-state index contributed by atoms with van der Waals surface area (Å²) in [5.41, 5.74) is 1.77. The molecule has 3 heterocycles. The van der Waals surface area contributed by atoms with Gasteiger partial charge < -0.3 is 10.6 Å². The Kier molecular flexibility index (Phi) is 6.41. The van der Waals surface area contributed by atoms with Crippen LogP contribution in [-0.2, 0) is 10.0 Å². The van der Waals surface area contributed by atoms with Gasteiger partial charge in [0.2, 0.25) is 0 Å². The standard InChI is InChI=1S/C22H27N7O3S/c1-4-14(3)26-18-10-21(24-12-17(18)19(30)5-2)27-20-8-9-23-22(28-20)15-11-25-29(13-15)33(31,32)16-6-7-16/h8-14,16H,4-7H2,1-3H3,(H2,23,24,26,27,28)/t14-/m0/s1. The molecule has 0 bridgehead atoms. The number of rotatable bonds is 10. The molecule has 1 aliphatic rings. The van der Waals surface area contributed by atoms with Gasteiger partial charge >= 0.3 is 0 Å². The summed E-state index contributed by atoms with van der Waals surface area (Å²) in [4.78, 5) is 25.4. The van der Waals surface area contributed by atoms with Gasteiger partial charge in [-0.1, -0.05) is 13.8 Å². The van der Waals surface area contributed by atoms with Gasteiger partial charge in [-0.15, -0.1) is 0 Å². The van der Waals surface area contributed by atoms with E-state index >= 15 is 0 Å². The highest BCUT2D eigenvalue weighted by Crippen LogP contribution is 2.30. The fourth-order valence-corrected chi connectivity index (χ4v) is 4.68. The highest BCUT2D eigenvalue weighted by atomic mass is 32.2. The summed E-state index contributed by atoms with van der Waals surface area (Å²) in [5.74, 6) is 1.36. The van der Waals surface area contributed by atoms with Crippen molar-refractivity contribution in [3.63, 3.8) is 0 Å². The van der Waals surface area contributed by atoms with Gasteiger partial charge in [-0.3, -0.25) is 4.79 Å². The number of carbonyl (C=O) groups is 1. The van der Waals surface area contributed by atoms with Crippen molar-refractivity contribution in [1.82, 2.24) is 24.1 Å². The molecule has 33 heavy (non-hydrogen) atoms. The van der Waals surface area contributed by atoms with E-state index in [1.165, 1.54) is 12.4 Å². The molecule has 11 heteroatoms. The number of hydrogen-bond acceptors (Lipinski definition) is 9. The van der Waals surface area contributed by atoms with Gasteiger partial charge in [-0.25, -0.2) is 23.4 Å². The molecule has 2 N–H and O–H groups in total. The second kappa shape index (κ2) is 9.26. The summed E-state index contributed by atoms with van der Waals surface area (Å²) in [6.45, 7) is 5.94. The molecule has 0 unspecified atom stereocenters. The maximum Gasteiger partial charge on any atom is 0.256 e. The van der Waals surface area contributed by atoms with Gasteiger partial charge in [0.05, 0.1) is 34.5 Å². The van der Waals surface area contributed by atoms with Gasteiger partial charge in [-0.05, 0) is 32.3 Å². The first-order valence-corrected chi connectivity index (χ1v) is 12.5. The molecule has 4 rings (SSSR count). The molecule has 0 aromatic carbocycles. The Morgan fingerprint density at radius 3 is 2.70 bits per heavy atom. The van der Waals surface area contributed by atoms with E-state index in [-0.39, 0.29) is 17.1 Å². The predicted molar refractivity (Wildman–Crippen MR) is 126 cm³/mol. The molecule has 0 spiro atoms. The Bertz CT molecular complexity index is 1270. The van der Waals surface area contributed by atoms with Crippen LogP contribution in [0.25, 0.3) is 11.4 Å². The Morgan fingerprint density at radius 2 is 2.00 bits per heavy atom. The molecule has 3 aromatic heterocycles. The van der Waals surface area contributed by atoms with Crippen molar-refractivity contribution in [2.75, 3.05) is 10.6 Å². The van der Waals surface area contributed by atoms with Crippen LogP contribution in [0, 0.1) is 0 Å². The van der Waals surface area contributed by atoms with Crippen LogP contribution < -0.4 is 10.6 Å². The van der Waals surface area contributed by atoms with Crippen molar-refractivity contribution in [3.8, 4) is 11.4 Å². The molecule has 0 aliphatic heterocycles. The Balaban J connectivity index is 1.58. The number of nitrogens with zero attached hydrogens (tertiary/aromatic N) is 5. The highest BCUT2D eigenvalue weighted by Gasteiger charge is 2.37. The van der Waals surface area contributed by atoms with Gasteiger partial charge in [0.25, 0.3) is 10.0 Å². The van der Waals surface area contributed by atoms with Crippen molar-refractivity contribution in [2.24, 2.45) is 0 Å². The zero-order chi connectivity index (χ0) is 23.6. The van der Waals surface area contributed by atoms with Crippen LogP contribution in [0.5, 0.6) is 0 Å². The van der Waals surface area contributed by atoms with Gasteiger partial charge in [-0.2, -0.15) is 9.19 Å². The maximum atomic E-state index is 12.4. The molecule has 1 saturated carbocycles. The number of aromatic nitrogens is 5. The maximum absolute atomic E-state index is 12.4. The number of ketones is 1. The first-order valence-electron chi connectivity index (χ1n) is 11.0. The van der Waals surface area contributed by atoms with Crippen LogP contribution in [0.1, 0.15) is 56.8 Å². The summed E-state index contributed by atoms with van der Waals surface area (Å²) in [7, 11) is -3.45. The predicted octanol–water partition coefficient (Wildman–Crippen LogP) is 3.62. The largest absolute Gasteiger partial charge is 0.382 e. The number of anilines is 3. The molecule has 1 aliphatic carbocycles. The molecule has 1 fully saturated rings. The van der Waals surface area contributed by atoms with Crippen LogP contribution >= 0.6 is 0 Å². The normalized spacial score (nSPS) is 14.6. The van der Waals surface area contributed by atoms with Crippen molar-refractivity contribution in [3.05, 3.63) is 42.5 Å². The SMILES string of the molecule is CCC(=O)c1cnc(Nc2ccnc(-c3cnn(S(=O)(=O)C4CC4)c3)n2)cc1N[C@@H](C)CC. The lowest BCUT2D eigenvalue weighted by molar-refractivity contribution is 0.0988. The van der Waals surface area contributed by atoms with Crippen LogP contribution in [0.4, 0.5) is 17.3 Å². The molecule has 10 nitrogen and oxygen atoms in total. The molecule has 1 atom stereocenters. The van der Waals surface area contributed by atoms with E-state index in [1.54, 1.807) is 24.5 Å². The molecule has 0 saturated heterocycles. The molecule has 0 radical (unpaired) electrons. The molecule has 174 valence electrons. The van der Waals surface area contributed by atoms with Gasteiger partial charge in [0.1, 0.15) is 11.6 Å². The van der Waals surface area contributed by atoms with E-state index in [0.29, 0.717) is 47.8 Å². The number of carbonyl (C=O) groups excluding carboxylic acids is 1. The second-order valence-corrected chi connectivity index (χ2v) is 10.2. The summed E-state index contributed by atoms with van der Waals surface area (Å²) in [6.07, 6.45) is 8.64. The van der Waals surface area contributed by atoms with Crippen LogP contribution in [0.2, 0.25) is 0 Å². The quantitative estimate of drug-likeness (QED) is 0.427. The lowest BCUT2D eigenvalue weighted by Crippen LogP contribution is -2.17.